The average Bonchev–Trinajstić information content (AvgIpc) is 3.56. The van der Waals surface area contributed by atoms with Crippen LogP contribution in [0.2, 0.25) is 0 Å². The summed E-state index contributed by atoms with van der Waals surface area (Å²) in [5.74, 6) is -6.67. The van der Waals surface area contributed by atoms with Crippen LogP contribution in [0.1, 0.15) is 51.1 Å². The molecule has 0 atom stereocenters. The van der Waals surface area contributed by atoms with Gasteiger partial charge >= 0.3 is 24.5 Å². The Morgan fingerprint density at radius 1 is 0.520 bits per heavy atom. The molecule has 2 aliphatic carbocycles. The lowest BCUT2D eigenvalue weighted by molar-refractivity contribution is -0.146. The minimum absolute atomic E-state index is 0.539. The van der Waals surface area contributed by atoms with Gasteiger partial charge in [-0.05, 0) is 17.2 Å². The molecule has 0 unspecified atom stereocenters. The van der Waals surface area contributed by atoms with Gasteiger partial charge in [0.15, 0.2) is 11.6 Å². The molecule has 2 aliphatic rings. The molecule has 0 aliphatic heterocycles. The lowest BCUT2D eigenvalue weighted by Crippen LogP contribution is -2.15. The van der Waals surface area contributed by atoms with Gasteiger partial charge in [0.1, 0.15) is 53.6 Å². The van der Waals surface area contributed by atoms with Crippen molar-refractivity contribution in [3.8, 4) is 42.5 Å². The third-order valence-electron chi connectivity index (χ3n) is 6.82. The Balaban J connectivity index is 2.03. The van der Waals surface area contributed by atoms with Gasteiger partial charge in [-0.25, -0.2) is 9.97 Å². The number of nitrogens with zero attached hydrogens (tertiary/aromatic N) is 13. The molecule has 50 heavy (non-hydrogen) atoms. The van der Waals surface area contributed by atoms with Crippen LogP contribution >= 0.6 is 0 Å². The van der Waals surface area contributed by atoms with Gasteiger partial charge in [-0.2, -0.15) is 91.9 Å². The van der Waals surface area contributed by atoms with Gasteiger partial charge in [0, 0.05) is 33.4 Å². The highest BCUT2D eigenvalue weighted by Gasteiger charge is 2.44. The lowest BCUT2D eigenvalue weighted by Gasteiger charge is -2.13. The van der Waals surface area contributed by atoms with Crippen LogP contribution in [0.3, 0.4) is 0 Å². The van der Waals surface area contributed by atoms with Crippen LogP contribution in [0.4, 0.5) is 35.1 Å². The highest BCUT2D eigenvalue weighted by molar-refractivity contribution is 6.30. The summed E-state index contributed by atoms with van der Waals surface area (Å²) < 4.78 is 110. The number of hydrogen-bond acceptors (Lipinski definition) is 13. The number of allylic oxidation sites excluding steroid dienone is 8. The zero-order valence-electron chi connectivity index (χ0n) is 23.4. The van der Waals surface area contributed by atoms with E-state index in [1.807, 2.05) is 0 Å². The van der Waals surface area contributed by atoms with Crippen LogP contribution in [0.5, 0.6) is 0 Å². The molecule has 0 amide bonds. The Bertz CT molecular complexity index is 2360. The van der Waals surface area contributed by atoms with Crippen LogP contribution in [0.15, 0.2) is 17.2 Å². The summed E-state index contributed by atoms with van der Waals surface area (Å²) in [6.45, 7) is 0. The summed E-state index contributed by atoms with van der Waals surface area (Å²) in [6.07, 6.45) is -14.8. The zero-order chi connectivity index (χ0) is 36.9. The monoisotopic (exact) mass is 683 g/mol. The predicted molar refractivity (Wildman–Crippen MR) is 142 cm³/mol. The van der Waals surface area contributed by atoms with E-state index in [4.69, 9.17) is 0 Å². The third-order valence-corrected chi connectivity index (χ3v) is 6.82. The first kappa shape index (κ1) is 33.4. The van der Waals surface area contributed by atoms with Crippen molar-refractivity contribution in [2.75, 3.05) is 0 Å². The van der Waals surface area contributed by atoms with Crippen molar-refractivity contribution in [1.29, 1.82) is 36.8 Å². The van der Waals surface area contributed by atoms with E-state index in [0.717, 1.165) is 6.07 Å². The van der Waals surface area contributed by atoms with Crippen LogP contribution < -0.4 is 0 Å². The summed E-state index contributed by atoms with van der Waals surface area (Å²) in [5, 5.41) is 70.0. The van der Waals surface area contributed by atoms with Crippen molar-refractivity contribution in [2.45, 2.75) is 12.4 Å². The van der Waals surface area contributed by atoms with E-state index < -0.39 is 120 Å². The quantitative estimate of drug-likeness (QED) is 0.262. The highest BCUT2D eigenvalue weighted by Crippen LogP contribution is 2.55. The third kappa shape index (κ3) is 5.05. The maximum Gasteiger partial charge on any atom is 0.451 e. The number of alkyl halides is 6. The Hall–Kier alpha value is -7.93. The standard InChI is InChI=1S/C29HF8N13/c30-26-47-22(45-24(49-26)28(32,33)34)20-14(7-43)18-11(16(20)9(2-38)3-39)1-12-17(10(4-40)5-41)21(15(8-44)19(12)13(18)6-42)23-46-25(29(35,36)37)50-27(31)48-23/h1H. The maximum atomic E-state index is 14.4. The molecule has 0 saturated carbocycles. The number of rotatable bonds is 2. The second-order valence-corrected chi connectivity index (χ2v) is 9.38. The fourth-order valence-electron chi connectivity index (χ4n) is 5.12. The van der Waals surface area contributed by atoms with E-state index >= 15 is 0 Å². The van der Waals surface area contributed by atoms with Crippen molar-refractivity contribution in [2.24, 2.45) is 0 Å². The van der Waals surface area contributed by atoms with E-state index in [1.165, 1.54) is 24.3 Å². The molecule has 0 saturated heterocycles. The SMILES string of the molecule is N#CC(C#N)=C1C(c2nc(F)nc(C(F)(F)F)n2)=C(C#N)c2c1cc1c(c2C#N)C(C#N)=C(c2nc(F)nc(C(F)(F)F)n2)C1=C(C#N)C#N. The molecule has 0 fully saturated rings. The Morgan fingerprint density at radius 2 is 0.880 bits per heavy atom. The molecule has 2 heterocycles. The zero-order valence-corrected chi connectivity index (χ0v) is 23.4. The van der Waals surface area contributed by atoms with Crippen molar-refractivity contribution in [3.63, 3.8) is 0 Å². The molecule has 0 radical (unpaired) electrons. The van der Waals surface area contributed by atoms with Crippen LogP contribution in [-0.2, 0) is 12.4 Å². The first-order chi connectivity index (χ1) is 23.6. The fraction of sp³-hybridized carbons (Fsp3) is 0.0690. The Morgan fingerprint density at radius 3 is 1.16 bits per heavy atom. The van der Waals surface area contributed by atoms with Crippen molar-refractivity contribution >= 4 is 33.4 Å². The molecule has 13 nitrogen and oxygen atoms in total. The molecule has 0 bridgehead atoms. The second kappa shape index (κ2) is 11.7. The highest BCUT2D eigenvalue weighted by atomic mass is 19.4. The second-order valence-electron chi connectivity index (χ2n) is 9.38. The number of aromatic nitrogens is 6. The summed E-state index contributed by atoms with van der Waals surface area (Å²) in [6, 6.07) is 11.3. The summed E-state index contributed by atoms with van der Waals surface area (Å²) >= 11 is 0. The number of fused-ring (bicyclic) bond motifs is 2. The summed E-state index contributed by atoms with van der Waals surface area (Å²) in [5.41, 5.74) is -10.0. The van der Waals surface area contributed by atoms with E-state index in [1.54, 1.807) is 18.2 Å². The van der Waals surface area contributed by atoms with Crippen molar-refractivity contribution < 1.29 is 35.1 Å². The molecule has 3 aromatic rings. The van der Waals surface area contributed by atoms with Gasteiger partial charge in [-0.15, -0.1) is 0 Å². The number of halogens is 8. The Kier molecular flexibility index (Phi) is 7.82. The lowest BCUT2D eigenvalue weighted by atomic mass is 9.87. The molecule has 21 heteroatoms. The molecule has 2 aromatic heterocycles. The van der Waals surface area contributed by atoms with E-state index in [9.17, 15) is 72.0 Å². The molecule has 0 N–H and O–H groups in total. The average molecular weight is 683 g/mol. The molecule has 5 rings (SSSR count). The first-order valence-corrected chi connectivity index (χ1v) is 12.6. The molecule has 0 spiro atoms. The van der Waals surface area contributed by atoms with Gasteiger partial charge in [0.25, 0.3) is 0 Å². The van der Waals surface area contributed by atoms with E-state index in [2.05, 4.69) is 29.9 Å². The number of benzene rings is 1. The normalized spacial score (nSPS) is 13.2. The first-order valence-electron chi connectivity index (χ1n) is 12.6. The van der Waals surface area contributed by atoms with Crippen LogP contribution in [0.25, 0.3) is 33.4 Å². The number of hydrogen-bond donors (Lipinski definition) is 0. The largest absolute Gasteiger partial charge is 0.451 e. The van der Waals surface area contributed by atoms with Gasteiger partial charge in [-0.3, -0.25) is 0 Å². The minimum Gasteiger partial charge on any atom is -0.204 e. The summed E-state index contributed by atoms with van der Waals surface area (Å²) in [4.78, 5) is 17.8. The molecule has 1 aromatic carbocycles. The minimum atomic E-state index is -5.39. The Labute approximate surface area is 270 Å². The van der Waals surface area contributed by atoms with Gasteiger partial charge in [0.05, 0.1) is 16.7 Å². The van der Waals surface area contributed by atoms with Gasteiger partial charge in [-0.1, -0.05) is 0 Å². The van der Waals surface area contributed by atoms with Crippen LogP contribution in [-0.4, -0.2) is 29.9 Å². The van der Waals surface area contributed by atoms with E-state index in [0.29, 0.717) is 0 Å². The van der Waals surface area contributed by atoms with Gasteiger partial charge in [0.2, 0.25) is 11.6 Å². The molecular formula is C29HF8N13. The number of nitriles is 7. The molecular weight excluding hydrogens is 682 g/mol. The maximum absolute atomic E-state index is 14.4. The predicted octanol–water partition coefficient (Wildman–Crippen LogP) is 4.74. The summed E-state index contributed by atoms with van der Waals surface area (Å²) in [7, 11) is 0. The van der Waals surface area contributed by atoms with Crippen molar-refractivity contribution in [1.82, 2.24) is 29.9 Å². The molecule has 238 valence electrons. The fourth-order valence-corrected chi connectivity index (χ4v) is 5.12. The van der Waals surface area contributed by atoms with Crippen molar-refractivity contribution in [3.05, 3.63) is 80.5 Å². The van der Waals surface area contributed by atoms with Crippen LogP contribution in [0, 0.1) is 91.5 Å². The topological polar surface area (TPSA) is 244 Å². The smallest absolute Gasteiger partial charge is 0.204 e. The van der Waals surface area contributed by atoms with Gasteiger partial charge < -0.3 is 0 Å². The van der Waals surface area contributed by atoms with E-state index in [-0.39, 0.29) is 0 Å².